The van der Waals surface area contributed by atoms with Crippen molar-refractivity contribution in [2.45, 2.75) is 32.3 Å². The second-order valence-corrected chi connectivity index (χ2v) is 7.81. The highest BCUT2D eigenvalue weighted by atomic mass is 16.6. The summed E-state index contributed by atoms with van der Waals surface area (Å²) in [4.78, 5) is 24.1. The molecule has 0 aliphatic heterocycles. The Hall–Kier alpha value is -2.86. The van der Waals surface area contributed by atoms with E-state index in [1.807, 2.05) is 36.4 Å². The Balaban J connectivity index is 1.61. The number of rotatable bonds is 5. The average Bonchev–Trinajstić information content (AvgIpc) is 2.96. The highest BCUT2D eigenvalue weighted by molar-refractivity contribution is 5.96. The van der Waals surface area contributed by atoms with E-state index < -0.39 is 11.7 Å². The Bertz CT molecular complexity index is 886. The molecule has 0 saturated carbocycles. The van der Waals surface area contributed by atoms with Gasteiger partial charge in [0, 0.05) is 24.6 Å². The summed E-state index contributed by atoms with van der Waals surface area (Å²) >= 11 is 0. The zero-order chi connectivity index (χ0) is 20.3. The molecule has 3 N–H and O–H groups in total. The molecule has 2 aromatic rings. The smallest absolute Gasteiger partial charge is 0.407 e. The van der Waals surface area contributed by atoms with Gasteiger partial charge in [0.25, 0.3) is 5.91 Å². The molecule has 3 rings (SSSR count). The summed E-state index contributed by atoms with van der Waals surface area (Å²) in [5, 5.41) is 15.2. The van der Waals surface area contributed by atoms with Crippen LogP contribution in [-0.2, 0) is 4.74 Å². The molecule has 0 heterocycles. The van der Waals surface area contributed by atoms with Crippen LogP contribution < -0.4 is 10.6 Å². The zero-order valence-corrected chi connectivity index (χ0v) is 16.4. The zero-order valence-electron chi connectivity index (χ0n) is 16.4. The van der Waals surface area contributed by atoms with E-state index in [0.29, 0.717) is 12.1 Å². The standard InChI is InChI=1S/C22H26N2O4/c1-22(2,3)28-21(27)24-11-10-23-20(26)14-8-9-17-15-6-4-5-7-16(15)19(13-25)18(17)12-14/h4-9,12,19,25H,10-11,13H2,1-3H3,(H,23,26)(H,24,27). The van der Waals surface area contributed by atoms with Crippen LogP contribution in [0.4, 0.5) is 4.79 Å². The average molecular weight is 382 g/mol. The van der Waals surface area contributed by atoms with Crippen LogP contribution in [0.15, 0.2) is 42.5 Å². The summed E-state index contributed by atoms with van der Waals surface area (Å²) in [7, 11) is 0. The van der Waals surface area contributed by atoms with Crippen molar-refractivity contribution in [2.75, 3.05) is 19.7 Å². The third-order valence-corrected chi connectivity index (χ3v) is 4.58. The first-order valence-electron chi connectivity index (χ1n) is 9.39. The topological polar surface area (TPSA) is 87.7 Å². The van der Waals surface area contributed by atoms with Gasteiger partial charge in [-0.25, -0.2) is 4.79 Å². The van der Waals surface area contributed by atoms with Gasteiger partial charge in [0.1, 0.15) is 5.60 Å². The van der Waals surface area contributed by atoms with Gasteiger partial charge < -0.3 is 20.5 Å². The molecule has 6 heteroatoms. The largest absolute Gasteiger partial charge is 0.444 e. The molecule has 28 heavy (non-hydrogen) atoms. The molecule has 0 fully saturated rings. The molecule has 0 saturated heterocycles. The summed E-state index contributed by atoms with van der Waals surface area (Å²) in [6.45, 7) is 5.93. The molecular formula is C22H26N2O4. The number of benzene rings is 2. The summed E-state index contributed by atoms with van der Waals surface area (Å²) in [6, 6.07) is 13.5. The van der Waals surface area contributed by atoms with Crippen LogP contribution in [0.5, 0.6) is 0 Å². The van der Waals surface area contributed by atoms with Gasteiger partial charge in [0.15, 0.2) is 0 Å². The van der Waals surface area contributed by atoms with Crippen LogP contribution >= 0.6 is 0 Å². The van der Waals surface area contributed by atoms with E-state index in [1.165, 1.54) is 0 Å². The molecular weight excluding hydrogens is 356 g/mol. The van der Waals surface area contributed by atoms with Gasteiger partial charge in [-0.3, -0.25) is 4.79 Å². The van der Waals surface area contributed by atoms with Crippen molar-refractivity contribution in [3.05, 3.63) is 59.2 Å². The van der Waals surface area contributed by atoms with Crippen molar-refractivity contribution in [1.82, 2.24) is 10.6 Å². The number of fused-ring (bicyclic) bond motifs is 3. The third-order valence-electron chi connectivity index (χ3n) is 4.58. The molecule has 1 aliphatic rings. The maximum Gasteiger partial charge on any atom is 0.407 e. The fourth-order valence-corrected chi connectivity index (χ4v) is 3.40. The van der Waals surface area contributed by atoms with Gasteiger partial charge >= 0.3 is 6.09 Å². The number of alkyl carbamates (subject to hydrolysis) is 1. The van der Waals surface area contributed by atoms with Gasteiger partial charge in [0.05, 0.1) is 6.61 Å². The van der Waals surface area contributed by atoms with Gasteiger partial charge in [-0.2, -0.15) is 0 Å². The molecule has 148 valence electrons. The molecule has 6 nitrogen and oxygen atoms in total. The Morgan fingerprint density at radius 1 is 1.00 bits per heavy atom. The van der Waals surface area contributed by atoms with E-state index in [9.17, 15) is 14.7 Å². The highest BCUT2D eigenvalue weighted by Gasteiger charge is 2.28. The molecule has 1 aliphatic carbocycles. The number of aliphatic hydroxyl groups is 1. The lowest BCUT2D eigenvalue weighted by Gasteiger charge is -2.19. The Morgan fingerprint density at radius 2 is 1.68 bits per heavy atom. The molecule has 0 radical (unpaired) electrons. The maximum atomic E-state index is 12.5. The van der Waals surface area contributed by atoms with Gasteiger partial charge in [-0.1, -0.05) is 30.3 Å². The minimum atomic E-state index is -0.557. The number of aliphatic hydroxyl groups excluding tert-OH is 1. The minimum absolute atomic E-state index is 0.00507. The molecule has 1 atom stereocenters. The van der Waals surface area contributed by atoms with Crippen LogP contribution in [0.25, 0.3) is 11.1 Å². The van der Waals surface area contributed by atoms with Crippen molar-refractivity contribution in [1.29, 1.82) is 0 Å². The number of nitrogens with one attached hydrogen (secondary N) is 2. The number of carbonyl (C=O) groups excluding carboxylic acids is 2. The normalized spacial score (nSPS) is 14.8. The maximum absolute atomic E-state index is 12.5. The van der Waals surface area contributed by atoms with Crippen molar-refractivity contribution in [2.24, 2.45) is 0 Å². The van der Waals surface area contributed by atoms with Crippen LogP contribution in [0.1, 0.15) is 48.2 Å². The summed E-state index contributed by atoms with van der Waals surface area (Å²) in [6.07, 6.45) is -0.511. The first-order valence-corrected chi connectivity index (χ1v) is 9.39. The van der Waals surface area contributed by atoms with Crippen molar-refractivity contribution in [3.63, 3.8) is 0 Å². The van der Waals surface area contributed by atoms with Gasteiger partial charge in [-0.05, 0) is 55.2 Å². The first kappa shape index (κ1) is 19.9. The van der Waals surface area contributed by atoms with Crippen LogP contribution in [0.3, 0.4) is 0 Å². The van der Waals surface area contributed by atoms with Crippen molar-refractivity contribution in [3.8, 4) is 11.1 Å². The van der Waals surface area contributed by atoms with E-state index in [0.717, 1.165) is 22.3 Å². The third kappa shape index (κ3) is 4.34. The minimum Gasteiger partial charge on any atom is -0.444 e. The van der Waals surface area contributed by atoms with E-state index >= 15 is 0 Å². The van der Waals surface area contributed by atoms with E-state index in [2.05, 4.69) is 10.6 Å². The lowest BCUT2D eigenvalue weighted by atomic mass is 9.96. The summed E-state index contributed by atoms with van der Waals surface area (Å²) in [5.74, 6) is -0.339. The number of amides is 2. The second kappa shape index (κ2) is 8.02. The van der Waals surface area contributed by atoms with E-state index in [4.69, 9.17) is 4.74 Å². The molecule has 1 unspecified atom stereocenters. The number of hydrogen-bond donors (Lipinski definition) is 3. The van der Waals surface area contributed by atoms with Crippen LogP contribution in [-0.4, -0.2) is 42.4 Å². The van der Waals surface area contributed by atoms with Crippen LogP contribution in [0, 0.1) is 0 Å². The fraction of sp³-hybridized carbons (Fsp3) is 0.364. The second-order valence-electron chi connectivity index (χ2n) is 7.81. The monoisotopic (exact) mass is 382 g/mol. The molecule has 0 spiro atoms. The Labute approximate surface area is 164 Å². The van der Waals surface area contributed by atoms with E-state index in [-0.39, 0.29) is 25.0 Å². The van der Waals surface area contributed by atoms with Crippen LogP contribution in [0.2, 0.25) is 0 Å². The first-order chi connectivity index (χ1) is 13.3. The van der Waals surface area contributed by atoms with E-state index in [1.54, 1.807) is 26.8 Å². The Morgan fingerprint density at radius 3 is 2.39 bits per heavy atom. The van der Waals surface area contributed by atoms with Gasteiger partial charge in [-0.15, -0.1) is 0 Å². The highest BCUT2D eigenvalue weighted by Crippen LogP contribution is 2.44. The number of hydrogen-bond acceptors (Lipinski definition) is 4. The molecule has 2 amide bonds. The molecule has 2 aromatic carbocycles. The predicted octanol–water partition coefficient (Wildman–Crippen LogP) is 3.05. The van der Waals surface area contributed by atoms with Crippen molar-refractivity contribution < 1.29 is 19.4 Å². The molecule has 0 bridgehead atoms. The van der Waals surface area contributed by atoms with Crippen molar-refractivity contribution >= 4 is 12.0 Å². The molecule has 0 aromatic heterocycles. The summed E-state index contributed by atoms with van der Waals surface area (Å²) < 4.78 is 5.15. The lowest BCUT2D eigenvalue weighted by Crippen LogP contribution is -2.37. The Kier molecular flexibility index (Phi) is 5.70. The lowest BCUT2D eigenvalue weighted by molar-refractivity contribution is 0.0526. The summed E-state index contributed by atoms with van der Waals surface area (Å²) in [5.41, 5.74) is 4.17. The van der Waals surface area contributed by atoms with Gasteiger partial charge in [0.2, 0.25) is 0 Å². The number of ether oxygens (including phenoxy) is 1. The number of carbonyl (C=O) groups is 2. The quantitative estimate of drug-likeness (QED) is 0.694. The fourth-order valence-electron chi connectivity index (χ4n) is 3.40. The SMILES string of the molecule is CC(C)(C)OC(=O)NCCNC(=O)c1ccc2c(c1)C(CO)c1ccccc1-2. The predicted molar refractivity (Wildman–Crippen MR) is 107 cm³/mol.